The lowest BCUT2D eigenvalue weighted by Crippen LogP contribution is -2.11. The van der Waals surface area contributed by atoms with Crippen molar-refractivity contribution in [2.75, 3.05) is 0 Å². The van der Waals surface area contributed by atoms with Crippen molar-refractivity contribution in [1.29, 1.82) is 0 Å². The lowest BCUT2D eigenvalue weighted by atomic mass is 9.84. The van der Waals surface area contributed by atoms with Crippen LogP contribution in [0.2, 0.25) is 0 Å². The molecule has 8 nitrogen and oxygen atoms in total. The minimum atomic E-state index is -0.0857. The molecule has 3 aliphatic rings. The van der Waals surface area contributed by atoms with Crippen LogP contribution in [0.15, 0.2) is 157 Å². The molecule has 6 aromatic carbocycles. The van der Waals surface area contributed by atoms with Crippen molar-refractivity contribution in [2.45, 2.75) is 157 Å². The fourth-order valence-corrected chi connectivity index (χ4v) is 11.9. The van der Waals surface area contributed by atoms with Crippen molar-refractivity contribution < 1.29 is 0 Å². The summed E-state index contributed by atoms with van der Waals surface area (Å²) in [5.74, 6) is 2.03. The summed E-state index contributed by atoms with van der Waals surface area (Å²) < 4.78 is 0. The predicted molar refractivity (Wildman–Crippen MR) is 367 cm³/mol. The first-order chi connectivity index (χ1) is 41.4. The van der Waals surface area contributed by atoms with Crippen LogP contribution >= 0.6 is 0 Å². The van der Waals surface area contributed by atoms with Gasteiger partial charge in [-0.25, -0.2) is 29.9 Å². The van der Waals surface area contributed by atoms with Gasteiger partial charge in [-0.1, -0.05) is 282 Å². The molecule has 2 N–H and O–H groups in total. The average Bonchev–Trinajstić information content (AvgIpc) is 1.69. The molecule has 0 saturated heterocycles. The van der Waals surface area contributed by atoms with Crippen molar-refractivity contribution in [1.82, 2.24) is 39.9 Å². The van der Waals surface area contributed by atoms with Crippen molar-refractivity contribution in [3.8, 4) is 22.3 Å². The van der Waals surface area contributed by atoms with E-state index in [1.807, 2.05) is 12.2 Å². The number of H-pyrrole nitrogens is 2. The van der Waals surface area contributed by atoms with Gasteiger partial charge in [0.2, 0.25) is 0 Å². The Labute approximate surface area is 520 Å². The molecule has 0 spiro atoms. The van der Waals surface area contributed by atoms with Crippen LogP contribution < -0.4 is 0 Å². The Morgan fingerprint density at radius 2 is 0.432 bits per heavy atom. The van der Waals surface area contributed by atoms with Crippen molar-refractivity contribution in [3.63, 3.8) is 0 Å². The summed E-state index contributed by atoms with van der Waals surface area (Å²) in [6.07, 6.45) is 3.85. The monoisotopic (exact) mass is 1150 g/mol. The fourth-order valence-electron chi connectivity index (χ4n) is 11.9. The number of hydrogen-bond acceptors (Lipinski definition) is 6. The first-order valence-electron chi connectivity index (χ1n) is 31.0. The van der Waals surface area contributed by atoms with Gasteiger partial charge in [-0.2, -0.15) is 0 Å². The Morgan fingerprint density at radius 1 is 0.239 bits per heavy atom. The number of nitrogens with zero attached hydrogens (tertiary/aromatic N) is 6. The molecule has 0 fully saturated rings. The minimum absolute atomic E-state index is 0.0738. The van der Waals surface area contributed by atoms with Gasteiger partial charge >= 0.3 is 0 Å². The highest BCUT2D eigenvalue weighted by Crippen LogP contribution is 2.45. The van der Waals surface area contributed by atoms with Crippen molar-refractivity contribution in [3.05, 3.63) is 247 Å². The van der Waals surface area contributed by atoms with Gasteiger partial charge in [0.25, 0.3) is 0 Å². The van der Waals surface area contributed by atoms with Crippen LogP contribution in [0.1, 0.15) is 215 Å². The van der Waals surface area contributed by atoms with Crippen molar-refractivity contribution >= 4 is 57.0 Å². The number of fused-ring (bicyclic) bond motifs is 11. The molecule has 0 atom stereocenters. The molecular formula is C80H82N8. The third-order valence-electron chi connectivity index (χ3n) is 17.4. The van der Waals surface area contributed by atoms with Gasteiger partial charge in [0.1, 0.15) is 22.6 Å². The molecule has 12 rings (SSSR count). The van der Waals surface area contributed by atoms with Gasteiger partial charge in [-0.05, 0) is 99.3 Å². The predicted octanol–water partition coefficient (Wildman–Crippen LogP) is 19.8. The van der Waals surface area contributed by atoms with Gasteiger partial charge in [0.15, 0.2) is 23.3 Å². The molecule has 9 aromatic rings. The second kappa shape index (κ2) is 21.4. The maximum Gasteiger partial charge on any atom is 0.165 e. The van der Waals surface area contributed by atoms with Gasteiger partial charge < -0.3 is 9.97 Å². The topological polar surface area (TPSA) is 109 Å². The zero-order valence-corrected chi connectivity index (χ0v) is 54.7. The van der Waals surface area contributed by atoms with Crippen LogP contribution in [-0.2, 0) is 32.5 Å². The standard InChI is InChI=1S/C80H82N8/c1-75(2,3)53-35-23-47(24-36-53)61-63(49-27-39-55(40-28-49)77(7,8)9)71-84-69(61)82-67-59-21-19-20-22-60(59)68(81-67)83-70-62(48-25-37-54(38-26-48)76(4,5)6)64(50-29-41-56(42-30-50)78(10,11)12)72(85-70)87-74-66(52-33-45-58(46-34-52)80(16,17)18)65(73(86-71)88-74)51-31-43-57(44-32-51)79(13,14)15/h21-46H,1-18H3,(H2,81,82,83,84,85,86,87,88). The SMILES string of the molecule is CC(C)(C)c1ccc(C2=C(c3ccc(C(C)(C)C)cc3)c3nc2nc2[nH]c(nc4nc(nc5[nH]c(n3)c(-c3ccc(C(C)(C)C)cc3)c5-c3ccc(C(C)(C)C)cc3)C(c3ccc(C(C)(C)C)cc3)=C4c3ccc(C(C)(C)C)cc3)c3c2C=C=C=C3)cc1. The van der Waals surface area contributed by atoms with Crippen LogP contribution in [0.25, 0.3) is 79.3 Å². The van der Waals surface area contributed by atoms with Gasteiger partial charge in [-0.3, -0.25) is 0 Å². The van der Waals surface area contributed by atoms with Gasteiger partial charge in [0, 0.05) is 56.7 Å². The summed E-state index contributed by atoms with van der Waals surface area (Å²) >= 11 is 0. The second-order valence-corrected chi connectivity index (χ2v) is 30.2. The summed E-state index contributed by atoms with van der Waals surface area (Å²) in [6.45, 7) is 40.5. The first kappa shape index (κ1) is 59.3. The maximum absolute atomic E-state index is 5.87. The molecule has 0 amide bonds. The van der Waals surface area contributed by atoms with E-state index in [9.17, 15) is 0 Å². The van der Waals surface area contributed by atoms with Crippen LogP contribution in [-0.4, -0.2) is 39.9 Å². The van der Waals surface area contributed by atoms with E-state index in [2.05, 4.69) is 292 Å². The largest absolute Gasteiger partial charge is 0.324 e. The highest BCUT2D eigenvalue weighted by Gasteiger charge is 2.32. The molecule has 88 heavy (non-hydrogen) atoms. The molecular weight excluding hydrogens is 1070 g/mol. The minimum Gasteiger partial charge on any atom is -0.324 e. The Bertz CT molecular complexity index is 4290. The summed E-state index contributed by atoms with van der Waals surface area (Å²) in [5.41, 5.74) is 28.3. The Kier molecular flexibility index (Phi) is 14.4. The highest BCUT2D eigenvalue weighted by atomic mass is 15.1. The van der Waals surface area contributed by atoms with E-state index in [1.165, 1.54) is 33.4 Å². The number of nitrogens with one attached hydrogen (secondary N) is 2. The van der Waals surface area contributed by atoms with E-state index >= 15 is 0 Å². The zero-order chi connectivity index (χ0) is 62.6. The Balaban J connectivity index is 1.29. The summed E-state index contributed by atoms with van der Waals surface area (Å²) in [7, 11) is 0. The quantitative estimate of drug-likeness (QED) is 0.161. The number of benzene rings is 6. The lowest BCUT2D eigenvalue weighted by molar-refractivity contribution is 0.590. The van der Waals surface area contributed by atoms with E-state index in [0.29, 0.717) is 45.9 Å². The summed E-state index contributed by atoms with van der Waals surface area (Å²) in [5, 5.41) is 0. The van der Waals surface area contributed by atoms with Gasteiger partial charge in [-0.15, -0.1) is 0 Å². The summed E-state index contributed by atoms with van der Waals surface area (Å²) in [4.78, 5) is 41.9. The number of aromatic nitrogens is 8. The molecule has 0 unspecified atom stereocenters. The molecule has 0 saturated carbocycles. The molecule has 442 valence electrons. The van der Waals surface area contributed by atoms with Crippen LogP contribution in [0.4, 0.5) is 0 Å². The fraction of sp³-hybridized carbons (Fsp3) is 0.300. The average molecular weight is 1160 g/mol. The third-order valence-corrected chi connectivity index (χ3v) is 17.4. The number of rotatable bonds is 6. The van der Waals surface area contributed by atoms with E-state index in [1.54, 1.807) is 0 Å². The Morgan fingerprint density at radius 3 is 0.648 bits per heavy atom. The van der Waals surface area contributed by atoms with Crippen LogP contribution in [0.5, 0.6) is 0 Å². The molecule has 2 aliphatic heterocycles. The van der Waals surface area contributed by atoms with Gasteiger partial charge in [0.05, 0.1) is 0 Å². The number of aromatic amines is 2. The zero-order valence-electron chi connectivity index (χ0n) is 54.7. The molecule has 5 heterocycles. The highest BCUT2D eigenvalue weighted by molar-refractivity contribution is 6.07. The molecule has 8 heteroatoms. The maximum atomic E-state index is 5.87. The van der Waals surface area contributed by atoms with Crippen LogP contribution in [0, 0.1) is 0 Å². The smallest absolute Gasteiger partial charge is 0.165 e. The molecule has 0 radical (unpaired) electrons. The summed E-state index contributed by atoms with van der Waals surface area (Å²) in [6, 6.07) is 53.5. The van der Waals surface area contributed by atoms with Crippen molar-refractivity contribution in [2.24, 2.45) is 0 Å². The van der Waals surface area contributed by atoms with E-state index in [-0.39, 0.29) is 32.5 Å². The first-order valence-corrected chi connectivity index (χ1v) is 31.0. The van der Waals surface area contributed by atoms with E-state index in [0.717, 1.165) is 77.9 Å². The Hall–Kier alpha value is -9.06. The lowest BCUT2D eigenvalue weighted by Gasteiger charge is -2.20. The number of hydrogen-bond donors (Lipinski definition) is 2. The third kappa shape index (κ3) is 11.3. The molecule has 1 aliphatic carbocycles. The van der Waals surface area contributed by atoms with E-state index < -0.39 is 0 Å². The van der Waals surface area contributed by atoms with Crippen LogP contribution in [0.3, 0.4) is 0 Å². The molecule has 3 aromatic heterocycles. The second-order valence-electron chi connectivity index (χ2n) is 30.2. The normalized spacial score (nSPS) is 13.9. The molecule has 8 bridgehead atoms. The van der Waals surface area contributed by atoms with E-state index in [4.69, 9.17) is 29.9 Å².